The van der Waals surface area contributed by atoms with Gasteiger partial charge < -0.3 is 20.4 Å². The zero-order valence-corrected chi connectivity index (χ0v) is 23.6. The standard InChI is InChI=1S/C32H34ClFN4O3/c33-28-9-4-3-8-26(28)31(40)36-25-14-15-29(27(20-25)30(39)35-21-22-10-12-24(34)13-11-22)37-16-5-17-38(19-18-37)32(41)23-6-1-2-7-23/h3-4,8-15,20,23H,1-2,5-7,16-19,21H2,(H,35,39)(H,36,40). The Kier molecular flexibility index (Phi) is 9.19. The number of hydrogen-bond donors (Lipinski definition) is 2. The second kappa shape index (κ2) is 13.2. The molecule has 0 aromatic heterocycles. The molecule has 3 aromatic rings. The number of anilines is 2. The number of carbonyl (C=O) groups is 3. The summed E-state index contributed by atoms with van der Waals surface area (Å²) in [4.78, 5) is 43.6. The van der Waals surface area contributed by atoms with Gasteiger partial charge in [0.1, 0.15) is 5.82 Å². The van der Waals surface area contributed by atoms with Gasteiger partial charge in [0.2, 0.25) is 5.91 Å². The summed E-state index contributed by atoms with van der Waals surface area (Å²) in [7, 11) is 0. The van der Waals surface area contributed by atoms with Crippen molar-refractivity contribution in [1.29, 1.82) is 0 Å². The normalized spacial score (nSPS) is 15.9. The van der Waals surface area contributed by atoms with Crippen LogP contribution < -0.4 is 15.5 Å². The number of benzene rings is 3. The lowest BCUT2D eigenvalue weighted by Crippen LogP contribution is -2.38. The van der Waals surface area contributed by atoms with Crippen LogP contribution in [-0.2, 0) is 11.3 Å². The van der Waals surface area contributed by atoms with E-state index in [1.807, 2.05) is 11.0 Å². The van der Waals surface area contributed by atoms with Gasteiger partial charge in [-0.2, -0.15) is 0 Å². The SMILES string of the molecule is O=C(Nc1ccc(N2CCCN(C(=O)C3CCCC3)CC2)c(C(=O)NCc2ccc(F)cc2)c1)c1ccccc1Cl. The predicted octanol–water partition coefficient (Wildman–Crippen LogP) is 5.89. The van der Waals surface area contributed by atoms with Crippen molar-refractivity contribution < 1.29 is 18.8 Å². The van der Waals surface area contributed by atoms with Crippen LogP contribution in [0, 0.1) is 11.7 Å². The molecule has 0 bridgehead atoms. The molecule has 3 amide bonds. The molecule has 214 valence electrons. The molecule has 3 aromatic carbocycles. The molecule has 7 nitrogen and oxygen atoms in total. The number of hydrogen-bond acceptors (Lipinski definition) is 4. The average Bonchev–Trinajstić information content (AvgIpc) is 3.41. The summed E-state index contributed by atoms with van der Waals surface area (Å²) < 4.78 is 13.3. The number of carbonyl (C=O) groups excluding carboxylic acids is 3. The predicted molar refractivity (Wildman–Crippen MR) is 159 cm³/mol. The number of nitrogens with zero attached hydrogens (tertiary/aromatic N) is 2. The van der Waals surface area contributed by atoms with E-state index >= 15 is 0 Å². The van der Waals surface area contributed by atoms with Crippen molar-refractivity contribution in [1.82, 2.24) is 10.2 Å². The van der Waals surface area contributed by atoms with E-state index in [-0.39, 0.29) is 36.0 Å². The molecule has 0 spiro atoms. The van der Waals surface area contributed by atoms with Crippen LogP contribution in [0.15, 0.2) is 66.7 Å². The van der Waals surface area contributed by atoms with E-state index in [0.29, 0.717) is 48.0 Å². The van der Waals surface area contributed by atoms with Crippen LogP contribution in [0.1, 0.15) is 58.4 Å². The molecule has 9 heteroatoms. The molecule has 1 aliphatic heterocycles. The topological polar surface area (TPSA) is 81.8 Å². The molecular formula is C32H34ClFN4O3. The molecule has 1 heterocycles. The Morgan fingerprint density at radius 1 is 0.829 bits per heavy atom. The van der Waals surface area contributed by atoms with Crippen LogP contribution in [0.25, 0.3) is 0 Å². The van der Waals surface area contributed by atoms with E-state index in [4.69, 9.17) is 11.6 Å². The first-order chi connectivity index (χ1) is 19.9. The molecule has 1 saturated heterocycles. The smallest absolute Gasteiger partial charge is 0.257 e. The van der Waals surface area contributed by atoms with Crippen molar-refractivity contribution in [3.05, 3.63) is 94.3 Å². The van der Waals surface area contributed by atoms with Gasteiger partial charge in [0.15, 0.2) is 0 Å². The maximum absolute atomic E-state index is 13.5. The summed E-state index contributed by atoms with van der Waals surface area (Å²) in [6.07, 6.45) is 4.97. The summed E-state index contributed by atoms with van der Waals surface area (Å²) in [6.45, 7) is 2.80. The Labute approximate surface area is 244 Å². The van der Waals surface area contributed by atoms with Crippen molar-refractivity contribution in [3.8, 4) is 0 Å². The lowest BCUT2D eigenvalue weighted by Gasteiger charge is -2.27. The molecule has 41 heavy (non-hydrogen) atoms. The van der Waals surface area contributed by atoms with Crippen LogP contribution >= 0.6 is 11.6 Å². The van der Waals surface area contributed by atoms with Crippen LogP contribution in [0.5, 0.6) is 0 Å². The van der Waals surface area contributed by atoms with E-state index in [2.05, 4.69) is 15.5 Å². The second-order valence-electron chi connectivity index (χ2n) is 10.6. The van der Waals surface area contributed by atoms with Crippen molar-refractivity contribution in [3.63, 3.8) is 0 Å². The number of rotatable bonds is 7. The van der Waals surface area contributed by atoms with Crippen molar-refractivity contribution in [2.45, 2.75) is 38.6 Å². The molecule has 0 radical (unpaired) electrons. The molecule has 2 fully saturated rings. The second-order valence-corrected chi connectivity index (χ2v) is 11.0. The maximum Gasteiger partial charge on any atom is 0.257 e. The monoisotopic (exact) mass is 576 g/mol. The van der Waals surface area contributed by atoms with Gasteiger partial charge in [0.25, 0.3) is 11.8 Å². The summed E-state index contributed by atoms with van der Waals surface area (Å²) in [6, 6.07) is 18.0. The van der Waals surface area contributed by atoms with Gasteiger partial charge in [-0.15, -0.1) is 0 Å². The Hall–Kier alpha value is -3.91. The zero-order chi connectivity index (χ0) is 28.8. The third-order valence-electron chi connectivity index (χ3n) is 7.84. The summed E-state index contributed by atoms with van der Waals surface area (Å²) in [5.41, 5.74) is 2.69. The molecular weight excluding hydrogens is 543 g/mol. The van der Waals surface area contributed by atoms with Gasteiger partial charge >= 0.3 is 0 Å². The fraction of sp³-hybridized carbons (Fsp3) is 0.344. The Balaban J connectivity index is 1.36. The number of nitrogens with one attached hydrogen (secondary N) is 2. The van der Waals surface area contributed by atoms with Gasteiger partial charge in [-0.25, -0.2) is 4.39 Å². The zero-order valence-electron chi connectivity index (χ0n) is 22.9. The van der Waals surface area contributed by atoms with Crippen LogP contribution in [0.2, 0.25) is 5.02 Å². The highest BCUT2D eigenvalue weighted by molar-refractivity contribution is 6.34. The first-order valence-corrected chi connectivity index (χ1v) is 14.5. The van der Waals surface area contributed by atoms with E-state index in [1.54, 1.807) is 48.5 Å². The van der Waals surface area contributed by atoms with Crippen LogP contribution in [0.3, 0.4) is 0 Å². The molecule has 0 atom stereocenters. The lowest BCUT2D eigenvalue weighted by molar-refractivity contribution is -0.135. The average molecular weight is 577 g/mol. The maximum atomic E-state index is 13.5. The van der Waals surface area contributed by atoms with E-state index < -0.39 is 0 Å². The van der Waals surface area contributed by atoms with Gasteiger partial charge in [-0.1, -0.05) is 48.7 Å². The highest BCUT2D eigenvalue weighted by atomic mass is 35.5. The fourth-order valence-electron chi connectivity index (χ4n) is 5.60. The first-order valence-electron chi connectivity index (χ1n) is 14.2. The van der Waals surface area contributed by atoms with E-state index in [1.165, 1.54) is 12.1 Å². The fourth-order valence-corrected chi connectivity index (χ4v) is 5.83. The minimum absolute atomic E-state index is 0.135. The summed E-state index contributed by atoms with van der Waals surface area (Å²) in [5.74, 6) is -0.654. The first kappa shape index (κ1) is 28.6. The molecule has 5 rings (SSSR count). The lowest BCUT2D eigenvalue weighted by atomic mass is 10.1. The third kappa shape index (κ3) is 7.06. The van der Waals surface area contributed by atoms with E-state index in [9.17, 15) is 18.8 Å². The minimum Gasteiger partial charge on any atom is -0.369 e. The largest absolute Gasteiger partial charge is 0.369 e. The van der Waals surface area contributed by atoms with Gasteiger partial charge in [-0.3, -0.25) is 14.4 Å². The van der Waals surface area contributed by atoms with Crippen LogP contribution in [0.4, 0.5) is 15.8 Å². The Morgan fingerprint density at radius 3 is 2.34 bits per heavy atom. The third-order valence-corrected chi connectivity index (χ3v) is 8.17. The molecule has 2 aliphatic rings. The Bertz CT molecular complexity index is 1410. The summed E-state index contributed by atoms with van der Waals surface area (Å²) >= 11 is 6.21. The quantitative estimate of drug-likeness (QED) is 0.367. The van der Waals surface area contributed by atoms with Gasteiger partial charge in [0, 0.05) is 50.0 Å². The molecule has 2 N–H and O–H groups in total. The van der Waals surface area contributed by atoms with Crippen molar-refractivity contribution >= 4 is 40.7 Å². The highest BCUT2D eigenvalue weighted by Crippen LogP contribution is 2.29. The molecule has 1 aliphatic carbocycles. The van der Waals surface area contributed by atoms with Crippen LogP contribution in [-0.4, -0.2) is 48.8 Å². The molecule has 0 unspecified atom stereocenters. The van der Waals surface area contributed by atoms with Crippen molar-refractivity contribution in [2.75, 3.05) is 36.4 Å². The number of amides is 3. The van der Waals surface area contributed by atoms with E-state index in [0.717, 1.165) is 43.4 Å². The van der Waals surface area contributed by atoms with Gasteiger partial charge in [-0.05, 0) is 67.3 Å². The minimum atomic E-state index is -0.378. The number of halogens is 2. The molecule has 1 saturated carbocycles. The van der Waals surface area contributed by atoms with Gasteiger partial charge in [0.05, 0.1) is 16.1 Å². The summed E-state index contributed by atoms with van der Waals surface area (Å²) in [5, 5.41) is 6.12. The Morgan fingerprint density at radius 2 is 1.59 bits per heavy atom. The highest BCUT2D eigenvalue weighted by Gasteiger charge is 2.29. The van der Waals surface area contributed by atoms with Crippen molar-refractivity contribution in [2.24, 2.45) is 5.92 Å².